The molecule has 5 nitrogen and oxygen atoms in total. The molecule has 0 bridgehead atoms. The Labute approximate surface area is 105 Å². The molecular weight excluding hydrogens is 234 g/mol. The molecule has 0 radical (unpaired) electrons. The lowest BCUT2D eigenvalue weighted by Crippen LogP contribution is -2.28. The van der Waals surface area contributed by atoms with Crippen LogP contribution in [0, 0.1) is 0 Å². The highest BCUT2D eigenvalue weighted by atomic mass is 16.5. The number of nitrogens with one attached hydrogen (secondary N) is 1. The van der Waals surface area contributed by atoms with Gasteiger partial charge in [0, 0.05) is 13.3 Å². The van der Waals surface area contributed by atoms with Crippen LogP contribution < -0.4 is 10.1 Å². The number of carboxylic acids is 1. The van der Waals surface area contributed by atoms with Crippen molar-refractivity contribution in [3.8, 4) is 5.75 Å². The van der Waals surface area contributed by atoms with Gasteiger partial charge >= 0.3 is 5.97 Å². The minimum Gasteiger partial charge on any atom is -0.493 e. The summed E-state index contributed by atoms with van der Waals surface area (Å²) >= 11 is 0. The Kier molecular flexibility index (Phi) is 3.50. The summed E-state index contributed by atoms with van der Waals surface area (Å²) in [5.74, 6) is -0.334. The van der Waals surface area contributed by atoms with Crippen LogP contribution in [0.25, 0.3) is 0 Å². The van der Waals surface area contributed by atoms with E-state index in [0.29, 0.717) is 6.61 Å². The molecule has 0 spiro atoms. The third-order valence-electron chi connectivity index (χ3n) is 2.87. The van der Waals surface area contributed by atoms with E-state index < -0.39 is 12.0 Å². The molecule has 1 amide bonds. The van der Waals surface area contributed by atoms with Gasteiger partial charge in [-0.1, -0.05) is 6.07 Å². The van der Waals surface area contributed by atoms with Crippen LogP contribution in [0.2, 0.25) is 0 Å². The van der Waals surface area contributed by atoms with E-state index >= 15 is 0 Å². The Balaban J connectivity index is 2.24. The summed E-state index contributed by atoms with van der Waals surface area (Å²) in [6, 6.07) is 5.04. The van der Waals surface area contributed by atoms with Crippen molar-refractivity contribution in [2.24, 2.45) is 0 Å². The number of carbonyl (C=O) groups excluding carboxylic acids is 1. The highest BCUT2D eigenvalue weighted by molar-refractivity contribution is 5.75. The zero-order valence-corrected chi connectivity index (χ0v) is 10.1. The van der Waals surface area contributed by atoms with Crippen molar-refractivity contribution in [3.63, 3.8) is 0 Å². The molecule has 1 unspecified atom stereocenters. The summed E-state index contributed by atoms with van der Waals surface area (Å²) in [4.78, 5) is 21.9. The number of ether oxygens (including phenoxy) is 1. The third-order valence-corrected chi connectivity index (χ3v) is 2.87. The maximum Gasteiger partial charge on any atom is 0.305 e. The van der Waals surface area contributed by atoms with Crippen LogP contribution in [0.15, 0.2) is 18.2 Å². The van der Waals surface area contributed by atoms with E-state index in [4.69, 9.17) is 9.84 Å². The van der Waals surface area contributed by atoms with Crippen molar-refractivity contribution >= 4 is 11.9 Å². The predicted molar refractivity (Wildman–Crippen MR) is 64.5 cm³/mol. The van der Waals surface area contributed by atoms with Crippen molar-refractivity contribution in [2.75, 3.05) is 6.61 Å². The quantitative estimate of drug-likeness (QED) is 0.842. The van der Waals surface area contributed by atoms with E-state index in [2.05, 4.69) is 5.32 Å². The Hall–Kier alpha value is -2.04. The van der Waals surface area contributed by atoms with Gasteiger partial charge in [0.25, 0.3) is 0 Å². The van der Waals surface area contributed by atoms with E-state index in [1.807, 2.05) is 12.1 Å². The van der Waals surface area contributed by atoms with Crippen molar-refractivity contribution in [1.29, 1.82) is 0 Å². The summed E-state index contributed by atoms with van der Waals surface area (Å²) in [6.07, 6.45) is 0.697. The number of rotatable bonds is 4. The number of carbonyl (C=O) groups is 2. The van der Waals surface area contributed by atoms with Crippen molar-refractivity contribution in [3.05, 3.63) is 29.3 Å². The summed E-state index contributed by atoms with van der Waals surface area (Å²) in [7, 11) is 0. The number of fused-ring (bicyclic) bond motifs is 1. The molecule has 18 heavy (non-hydrogen) atoms. The second-order valence-corrected chi connectivity index (χ2v) is 4.32. The number of carboxylic acid groups (broad SMARTS) is 1. The van der Waals surface area contributed by atoms with E-state index in [-0.39, 0.29) is 12.3 Å². The van der Waals surface area contributed by atoms with Gasteiger partial charge in [0.05, 0.1) is 19.1 Å². The van der Waals surface area contributed by atoms with Gasteiger partial charge in [-0.2, -0.15) is 0 Å². The highest BCUT2D eigenvalue weighted by Crippen LogP contribution is 2.29. The molecule has 96 valence electrons. The summed E-state index contributed by atoms with van der Waals surface area (Å²) in [5.41, 5.74) is 1.87. The normalized spacial score (nSPS) is 14.5. The average molecular weight is 249 g/mol. The van der Waals surface area contributed by atoms with Gasteiger partial charge in [0.15, 0.2) is 0 Å². The number of benzene rings is 1. The average Bonchev–Trinajstić information content (AvgIpc) is 2.73. The van der Waals surface area contributed by atoms with Crippen LogP contribution in [-0.2, 0) is 16.0 Å². The Morgan fingerprint density at radius 3 is 2.94 bits per heavy atom. The molecule has 1 aromatic carbocycles. The van der Waals surface area contributed by atoms with Crippen molar-refractivity contribution in [1.82, 2.24) is 5.32 Å². The second kappa shape index (κ2) is 5.08. The van der Waals surface area contributed by atoms with Gasteiger partial charge in [-0.05, 0) is 23.3 Å². The fourth-order valence-electron chi connectivity index (χ4n) is 2.10. The molecule has 2 N–H and O–H groups in total. The third kappa shape index (κ3) is 2.80. The fourth-order valence-corrected chi connectivity index (χ4v) is 2.10. The molecular formula is C13H15NO4. The molecule has 0 fully saturated rings. The van der Waals surface area contributed by atoms with E-state index in [1.165, 1.54) is 6.92 Å². The van der Waals surface area contributed by atoms with Crippen LogP contribution in [0.3, 0.4) is 0 Å². The molecule has 1 aromatic rings. The molecule has 1 heterocycles. The van der Waals surface area contributed by atoms with Gasteiger partial charge < -0.3 is 15.2 Å². The molecule has 0 aliphatic carbocycles. The molecule has 2 rings (SSSR count). The first kappa shape index (κ1) is 12.4. The first-order valence-corrected chi connectivity index (χ1v) is 5.81. The SMILES string of the molecule is CC(=O)NC(CC(=O)O)c1ccc2c(c1)CCO2. The van der Waals surface area contributed by atoms with Crippen LogP contribution in [0.4, 0.5) is 0 Å². The maximum absolute atomic E-state index is 11.1. The van der Waals surface area contributed by atoms with Gasteiger partial charge in [-0.15, -0.1) is 0 Å². The van der Waals surface area contributed by atoms with E-state index in [1.54, 1.807) is 6.07 Å². The van der Waals surface area contributed by atoms with Crippen molar-refractivity contribution < 1.29 is 19.4 Å². The molecule has 1 aliphatic rings. The van der Waals surface area contributed by atoms with Gasteiger partial charge in [0.2, 0.25) is 5.91 Å². The lowest BCUT2D eigenvalue weighted by molar-refractivity contribution is -0.137. The summed E-state index contributed by atoms with van der Waals surface area (Å²) in [6.45, 7) is 2.04. The molecule has 0 saturated heterocycles. The largest absolute Gasteiger partial charge is 0.493 e. The molecule has 1 aliphatic heterocycles. The Morgan fingerprint density at radius 1 is 1.50 bits per heavy atom. The fraction of sp³-hybridized carbons (Fsp3) is 0.385. The zero-order chi connectivity index (χ0) is 13.1. The van der Waals surface area contributed by atoms with Gasteiger partial charge in [-0.3, -0.25) is 9.59 Å². The number of hydrogen-bond acceptors (Lipinski definition) is 3. The standard InChI is InChI=1S/C13H15NO4/c1-8(15)14-11(7-13(16)17)9-2-3-12-10(6-9)4-5-18-12/h2-3,6,11H,4-5,7H2,1H3,(H,14,15)(H,16,17). The predicted octanol–water partition coefficient (Wildman–Crippen LogP) is 1.27. The smallest absolute Gasteiger partial charge is 0.305 e. The lowest BCUT2D eigenvalue weighted by atomic mass is 10.00. The minimum atomic E-state index is -0.939. The van der Waals surface area contributed by atoms with Crippen molar-refractivity contribution in [2.45, 2.75) is 25.8 Å². The molecule has 0 aromatic heterocycles. The Bertz CT molecular complexity index is 468. The second-order valence-electron chi connectivity index (χ2n) is 4.32. The molecule has 1 atom stereocenters. The number of aliphatic carboxylic acids is 1. The number of hydrogen-bond donors (Lipinski definition) is 2. The van der Waals surface area contributed by atoms with Crippen LogP contribution in [0.1, 0.15) is 30.5 Å². The summed E-state index contributed by atoms with van der Waals surface area (Å²) < 4.78 is 5.39. The van der Waals surface area contributed by atoms with Crippen LogP contribution >= 0.6 is 0 Å². The van der Waals surface area contributed by atoms with E-state index in [9.17, 15) is 9.59 Å². The molecule has 5 heteroatoms. The first-order chi connectivity index (χ1) is 8.56. The van der Waals surface area contributed by atoms with Gasteiger partial charge in [0.1, 0.15) is 5.75 Å². The zero-order valence-electron chi connectivity index (χ0n) is 10.1. The van der Waals surface area contributed by atoms with Crippen LogP contribution in [-0.4, -0.2) is 23.6 Å². The number of amides is 1. The topological polar surface area (TPSA) is 75.6 Å². The minimum absolute atomic E-state index is 0.126. The first-order valence-electron chi connectivity index (χ1n) is 5.81. The summed E-state index contributed by atoms with van der Waals surface area (Å²) in [5, 5.41) is 11.5. The van der Waals surface area contributed by atoms with Crippen LogP contribution in [0.5, 0.6) is 5.75 Å². The molecule has 0 saturated carbocycles. The Morgan fingerprint density at radius 2 is 2.28 bits per heavy atom. The lowest BCUT2D eigenvalue weighted by Gasteiger charge is -2.17. The van der Waals surface area contributed by atoms with Gasteiger partial charge in [-0.25, -0.2) is 0 Å². The monoisotopic (exact) mass is 249 g/mol. The highest BCUT2D eigenvalue weighted by Gasteiger charge is 2.19. The van der Waals surface area contributed by atoms with E-state index in [0.717, 1.165) is 23.3 Å². The maximum atomic E-state index is 11.1.